The van der Waals surface area contributed by atoms with Gasteiger partial charge in [-0.25, -0.2) is 4.79 Å². The van der Waals surface area contributed by atoms with Gasteiger partial charge in [-0.3, -0.25) is 0 Å². The van der Waals surface area contributed by atoms with Crippen molar-refractivity contribution in [1.29, 1.82) is 0 Å². The van der Waals surface area contributed by atoms with Crippen LogP contribution in [0.5, 0.6) is 0 Å². The molecule has 4 unspecified atom stereocenters. The fraction of sp³-hybridized carbons (Fsp3) is 0.389. The Balaban J connectivity index is 1.75. The number of esters is 1. The van der Waals surface area contributed by atoms with Crippen LogP contribution in [-0.4, -0.2) is 30.1 Å². The molecule has 2 saturated heterocycles. The Morgan fingerprint density at radius 1 is 1.39 bits per heavy atom. The molecule has 0 amide bonds. The number of hydrogen-bond acceptors (Lipinski definition) is 5. The Labute approximate surface area is 134 Å². The van der Waals surface area contributed by atoms with Crippen LogP contribution >= 0.6 is 0 Å². The Morgan fingerprint density at radius 3 is 2.96 bits per heavy atom. The second-order valence-electron chi connectivity index (χ2n) is 5.52. The van der Waals surface area contributed by atoms with Crippen molar-refractivity contribution in [3.8, 4) is 23.7 Å². The number of allylic oxidation sites excluding steroid dienone is 2. The monoisotopic (exact) mass is 312 g/mol. The first-order valence-electron chi connectivity index (χ1n) is 7.23. The maximum atomic E-state index is 11.9. The molecular weight excluding hydrogens is 296 g/mol. The Morgan fingerprint density at radius 2 is 2.22 bits per heavy atom. The molecule has 3 aliphatic heterocycles. The fourth-order valence-electron chi connectivity index (χ4n) is 2.50. The van der Waals surface area contributed by atoms with Gasteiger partial charge in [0.05, 0.1) is 6.26 Å². The summed E-state index contributed by atoms with van der Waals surface area (Å²) in [6.45, 7) is 5.36. The molecule has 5 heteroatoms. The number of hydrogen-bond donors (Lipinski definition) is 0. The molecule has 0 aromatic carbocycles. The highest BCUT2D eigenvalue weighted by atomic mass is 16.8. The van der Waals surface area contributed by atoms with Crippen LogP contribution in [0, 0.1) is 23.7 Å². The Hall–Kier alpha value is -2.63. The molecule has 4 atom stereocenters. The molecule has 0 aromatic rings. The van der Waals surface area contributed by atoms with Gasteiger partial charge >= 0.3 is 11.8 Å². The molecule has 0 aliphatic carbocycles. The topological polar surface area (TPSA) is 57.3 Å². The van der Waals surface area contributed by atoms with E-state index in [-0.39, 0.29) is 12.2 Å². The normalized spacial score (nSPS) is 33.5. The van der Waals surface area contributed by atoms with Gasteiger partial charge in [0.25, 0.3) is 0 Å². The van der Waals surface area contributed by atoms with Gasteiger partial charge in [-0.05, 0) is 38.7 Å². The molecule has 0 bridgehead atoms. The highest BCUT2D eigenvalue weighted by molar-refractivity contribution is 5.83. The number of epoxide rings is 1. The number of rotatable bonds is 2. The van der Waals surface area contributed by atoms with Crippen LogP contribution in [0.25, 0.3) is 0 Å². The van der Waals surface area contributed by atoms with E-state index in [9.17, 15) is 4.79 Å². The van der Waals surface area contributed by atoms with Gasteiger partial charge in [-0.2, -0.15) is 0 Å². The molecule has 0 aromatic heterocycles. The lowest BCUT2D eigenvalue weighted by atomic mass is 10.1. The van der Waals surface area contributed by atoms with Gasteiger partial charge in [-0.1, -0.05) is 17.4 Å². The maximum Gasteiger partial charge on any atom is 0.331 e. The number of ether oxygens (including phenoxy) is 4. The SMILES string of the molecule is CC#CC#CC=C1OC2(OC=CC2OC(=O)C=C(C)C)C2OC12. The van der Waals surface area contributed by atoms with Crippen molar-refractivity contribution in [2.75, 3.05) is 0 Å². The molecule has 3 rings (SSSR count). The van der Waals surface area contributed by atoms with Crippen molar-refractivity contribution in [2.24, 2.45) is 0 Å². The van der Waals surface area contributed by atoms with Crippen molar-refractivity contribution in [3.63, 3.8) is 0 Å². The predicted octanol–water partition coefficient (Wildman–Crippen LogP) is 1.81. The minimum atomic E-state index is -1.15. The molecule has 2 fully saturated rings. The van der Waals surface area contributed by atoms with Crippen molar-refractivity contribution < 1.29 is 23.7 Å². The molecule has 118 valence electrons. The van der Waals surface area contributed by atoms with E-state index in [0.29, 0.717) is 5.76 Å². The van der Waals surface area contributed by atoms with Crippen molar-refractivity contribution in [3.05, 3.63) is 35.8 Å². The molecule has 3 aliphatic rings. The summed E-state index contributed by atoms with van der Waals surface area (Å²) >= 11 is 0. The van der Waals surface area contributed by atoms with E-state index in [1.165, 1.54) is 12.3 Å². The molecule has 23 heavy (non-hydrogen) atoms. The summed E-state index contributed by atoms with van der Waals surface area (Å²) in [7, 11) is 0. The van der Waals surface area contributed by atoms with Gasteiger partial charge < -0.3 is 18.9 Å². The third kappa shape index (κ3) is 2.84. The minimum Gasteiger partial charge on any atom is -0.454 e. The van der Waals surface area contributed by atoms with E-state index in [4.69, 9.17) is 18.9 Å². The first kappa shape index (κ1) is 15.3. The van der Waals surface area contributed by atoms with Crippen LogP contribution in [0.1, 0.15) is 20.8 Å². The summed E-state index contributed by atoms with van der Waals surface area (Å²) in [6.07, 6.45) is 4.94. The third-order valence-corrected chi connectivity index (χ3v) is 3.47. The largest absolute Gasteiger partial charge is 0.454 e. The lowest BCUT2D eigenvalue weighted by Gasteiger charge is -2.29. The number of carbonyl (C=O) groups is 1. The van der Waals surface area contributed by atoms with E-state index in [1.807, 2.05) is 13.8 Å². The average Bonchev–Trinajstić information content (AvgIpc) is 3.12. The number of carbonyl (C=O) groups excluding carboxylic acids is 1. The average molecular weight is 312 g/mol. The molecule has 0 saturated carbocycles. The summed E-state index contributed by atoms with van der Waals surface area (Å²) < 4.78 is 22.5. The summed E-state index contributed by atoms with van der Waals surface area (Å²) in [5, 5.41) is 0. The first-order chi connectivity index (χ1) is 11.1. The van der Waals surface area contributed by atoms with Crippen LogP contribution in [-0.2, 0) is 23.7 Å². The Kier molecular flexibility index (Phi) is 3.90. The predicted molar refractivity (Wildman–Crippen MR) is 81.3 cm³/mol. The molecule has 1 spiro atoms. The molecular formula is C18H16O5. The summed E-state index contributed by atoms with van der Waals surface area (Å²) in [5.74, 6) is 9.76. The Bertz CT molecular complexity index is 733. The van der Waals surface area contributed by atoms with Crippen LogP contribution in [0.3, 0.4) is 0 Å². The number of fused-ring (bicyclic) bond motifs is 2. The van der Waals surface area contributed by atoms with Crippen molar-refractivity contribution in [1.82, 2.24) is 0 Å². The van der Waals surface area contributed by atoms with E-state index in [2.05, 4.69) is 23.7 Å². The fourth-order valence-corrected chi connectivity index (χ4v) is 2.50. The van der Waals surface area contributed by atoms with Gasteiger partial charge in [-0.15, -0.1) is 0 Å². The van der Waals surface area contributed by atoms with Crippen LogP contribution in [0.15, 0.2) is 35.8 Å². The van der Waals surface area contributed by atoms with E-state index < -0.39 is 17.9 Å². The first-order valence-corrected chi connectivity index (χ1v) is 7.23. The third-order valence-electron chi connectivity index (χ3n) is 3.47. The van der Waals surface area contributed by atoms with Crippen LogP contribution in [0.4, 0.5) is 0 Å². The highest BCUT2D eigenvalue weighted by Gasteiger charge is 2.72. The van der Waals surface area contributed by atoms with Gasteiger partial charge in [0.1, 0.15) is 5.76 Å². The van der Waals surface area contributed by atoms with Crippen LogP contribution in [0.2, 0.25) is 0 Å². The van der Waals surface area contributed by atoms with E-state index in [0.717, 1.165) is 5.57 Å². The van der Waals surface area contributed by atoms with Gasteiger partial charge in [0.15, 0.2) is 12.2 Å². The lowest BCUT2D eigenvalue weighted by molar-refractivity contribution is -0.226. The molecule has 3 heterocycles. The second kappa shape index (κ2) is 5.87. The van der Waals surface area contributed by atoms with Crippen molar-refractivity contribution in [2.45, 2.75) is 44.9 Å². The van der Waals surface area contributed by atoms with Gasteiger partial charge in [0, 0.05) is 12.2 Å². The zero-order chi connectivity index (χ0) is 16.4. The van der Waals surface area contributed by atoms with E-state index in [1.54, 1.807) is 19.1 Å². The second-order valence-corrected chi connectivity index (χ2v) is 5.52. The molecule has 0 N–H and O–H groups in total. The zero-order valence-electron chi connectivity index (χ0n) is 13.1. The van der Waals surface area contributed by atoms with E-state index >= 15 is 0 Å². The quantitative estimate of drug-likeness (QED) is 0.337. The lowest BCUT2D eigenvalue weighted by Crippen LogP contribution is -2.46. The van der Waals surface area contributed by atoms with Crippen molar-refractivity contribution >= 4 is 5.97 Å². The minimum absolute atomic E-state index is 0.219. The van der Waals surface area contributed by atoms with Gasteiger partial charge in [0.2, 0.25) is 6.10 Å². The highest BCUT2D eigenvalue weighted by Crippen LogP contribution is 2.53. The summed E-state index contributed by atoms with van der Waals surface area (Å²) in [6, 6.07) is 0. The summed E-state index contributed by atoms with van der Waals surface area (Å²) in [4.78, 5) is 11.9. The summed E-state index contributed by atoms with van der Waals surface area (Å²) in [5.41, 5.74) is 0.854. The standard InChI is InChI=1S/C18H16O5/c1-4-5-6-7-8-13-16-17(22-16)18(23-13)14(9-10-20-18)21-15(19)11-12(2)3/h8-11,14,16-17H,1-3H3. The van der Waals surface area contributed by atoms with Crippen LogP contribution < -0.4 is 0 Å². The zero-order valence-corrected chi connectivity index (χ0v) is 13.1. The molecule has 5 nitrogen and oxygen atoms in total. The maximum absolute atomic E-state index is 11.9. The molecule has 0 radical (unpaired) electrons. The smallest absolute Gasteiger partial charge is 0.331 e.